The van der Waals surface area contributed by atoms with Crippen molar-refractivity contribution >= 4 is 14.2 Å². The Kier molecular flexibility index (Phi) is 7.31. The fourth-order valence-electron chi connectivity index (χ4n) is 2.28. The largest absolute Gasteiger partial charge is 0.405 e. The van der Waals surface area contributed by atoms with E-state index >= 15 is 0 Å². The van der Waals surface area contributed by atoms with Gasteiger partial charge in [0, 0.05) is 6.54 Å². The van der Waals surface area contributed by atoms with E-state index in [-0.39, 0.29) is 17.0 Å². The highest BCUT2D eigenvalue weighted by atomic mass is 28.4. The van der Waals surface area contributed by atoms with Crippen LogP contribution in [0.2, 0.25) is 18.1 Å². The molecule has 0 radical (unpaired) electrons. The van der Waals surface area contributed by atoms with Gasteiger partial charge in [-0.25, -0.2) is 0 Å². The number of hydrogen-bond donors (Lipinski definition) is 0. The Labute approximate surface area is 143 Å². The van der Waals surface area contributed by atoms with Crippen molar-refractivity contribution in [2.75, 3.05) is 32.7 Å². The SMILES string of the molecule is CCN(CC)CC#CCN1CC[C@H](O[Si](C)(C)C(C)(C)C)C1=O. The fraction of sp³-hybridized carbons (Fsp3) is 0.833. The summed E-state index contributed by atoms with van der Waals surface area (Å²) in [4.78, 5) is 16.6. The lowest BCUT2D eigenvalue weighted by atomic mass is 10.2. The van der Waals surface area contributed by atoms with Crippen LogP contribution >= 0.6 is 0 Å². The summed E-state index contributed by atoms with van der Waals surface area (Å²) in [5, 5.41) is 0.129. The molecule has 23 heavy (non-hydrogen) atoms. The van der Waals surface area contributed by atoms with E-state index < -0.39 is 8.32 Å². The van der Waals surface area contributed by atoms with Crippen LogP contribution in [0.15, 0.2) is 0 Å². The number of nitrogens with zero attached hydrogens (tertiary/aromatic N) is 2. The van der Waals surface area contributed by atoms with Crippen LogP contribution in [0.5, 0.6) is 0 Å². The zero-order valence-corrected chi connectivity index (χ0v) is 17.0. The van der Waals surface area contributed by atoms with Crippen LogP contribution in [0, 0.1) is 11.8 Å². The van der Waals surface area contributed by atoms with Gasteiger partial charge in [-0.3, -0.25) is 9.69 Å². The van der Waals surface area contributed by atoms with Gasteiger partial charge in [-0.15, -0.1) is 0 Å². The standard InChI is InChI=1S/C18H34N2O2Si/c1-8-19(9-2)13-10-11-14-20-15-12-16(17(20)21)22-23(6,7)18(3,4)5/h16H,8-9,12-15H2,1-7H3/t16-/m0/s1. The van der Waals surface area contributed by atoms with Crippen molar-refractivity contribution in [1.29, 1.82) is 0 Å². The van der Waals surface area contributed by atoms with Gasteiger partial charge in [0.15, 0.2) is 8.32 Å². The molecule has 0 aromatic rings. The molecule has 0 aromatic heterocycles. The third-order valence-electron chi connectivity index (χ3n) is 5.08. The van der Waals surface area contributed by atoms with Crippen LogP contribution in [0.4, 0.5) is 0 Å². The van der Waals surface area contributed by atoms with Crippen molar-refractivity contribution < 1.29 is 9.22 Å². The van der Waals surface area contributed by atoms with Gasteiger partial charge < -0.3 is 9.33 Å². The molecule has 1 atom stereocenters. The van der Waals surface area contributed by atoms with Crippen LogP contribution in [-0.4, -0.2) is 62.9 Å². The minimum absolute atomic E-state index is 0.118. The number of amides is 1. The first-order valence-corrected chi connectivity index (χ1v) is 11.7. The van der Waals surface area contributed by atoms with Crippen molar-refractivity contribution in [3.8, 4) is 11.8 Å². The molecule has 132 valence electrons. The Hall–Kier alpha value is -0.833. The van der Waals surface area contributed by atoms with Gasteiger partial charge in [0.1, 0.15) is 6.10 Å². The normalized spacial score (nSPS) is 19.2. The molecule has 0 bridgehead atoms. The molecular weight excluding hydrogens is 304 g/mol. The molecular formula is C18H34N2O2Si. The van der Waals surface area contributed by atoms with E-state index in [0.29, 0.717) is 6.54 Å². The molecule has 1 rings (SSSR count). The molecule has 1 heterocycles. The van der Waals surface area contributed by atoms with E-state index in [4.69, 9.17) is 4.43 Å². The van der Waals surface area contributed by atoms with Crippen molar-refractivity contribution in [1.82, 2.24) is 9.80 Å². The average molecular weight is 339 g/mol. The van der Waals surface area contributed by atoms with Gasteiger partial charge in [0.2, 0.25) is 0 Å². The van der Waals surface area contributed by atoms with Gasteiger partial charge >= 0.3 is 0 Å². The summed E-state index contributed by atoms with van der Waals surface area (Å²) >= 11 is 0. The van der Waals surface area contributed by atoms with E-state index in [9.17, 15) is 4.79 Å². The molecule has 1 saturated heterocycles. The van der Waals surface area contributed by atoms with E-state index in [2.05, 4.69) is 64.5 Å². The molecule has 0 aliphatic carbocycles. The molecule has 1 aliphatic heterocycles. The first kappa shape index (κ1) is 20.2. The number of likely N-dealkylation sites (tertiary alicyclic amines) is 1. The summed E-state index contributed by atoms with van der Waals surface area (Å²) in [6.45, 7) is 19.4. The Balaban J connectivity index is 2.52. The number of carbonyl (C=O) groups excluding carboxylic acids is 1. The fourth-order valence-corrected chi connectivity index (χ4v) is 3.56. The Morgan fingerprint density at radius 1 is 1.26 bits per heavy atom. The Bertz CT molecular complexity index is 456. The topological polar surface area (TPSA) is 32.8 Å². The van der Waals surface area contributed by atoms with E-state index in [1.165, 1.54) is 0 Å². The van der Waals surface area contributed by atoms with Gasteiger partial charge in [-0.05, 0) is 37.6 Å². The number of carbonyl (C=O) groups is 1. The average Bonchev–Trinajstić information content (AvgIpc) is 2.78. The second kappa shape index (κ2) is 8.32. The third-order valence-corrected chi connectivity index (χ3v) is 9.57. The number of rotatable bonds is 6. The van der Waals surface area contributed by atoms with Crippen molar-refractivity contribution in [2.45, 2.75) is 65.3 Å². The summed E-state index contributed by atoms with van der Waals surface area (Å²) in [6.07, 6.45) is 0.531. The monoisotopic (exact) mass is 338 g/mol. The van der Waals surface area contributed by atoms with Crippen molar-refractivity contribution in [3.05, 3.63) is 0 Å². The van der Waals surface area contributed by atoms with Crippen LogP contribution in [0.25, 0.3) is 0 Å². The van der Waals surface area contributed by atoms with Crippen LogP contribution < -0.4 is 0 Å². The zero-order chi connectivity index (χ0) is 17.7. The van der Waals surface area contributed by atoms with Crippen LogP contribution in [-0.2, 0) is 9.22 Å². The maximum atomic E-state index is 12.5. The first-order valence-electron chi connectivity index (χ1n) is 8.77. The predicted octanol–water partition coefficient (Wildman–Crippen LogP) is 2.95. The second-order valence-corrected chi connectivity index (χ2v) is 12.5. The lowest BCUT2D eigenvalue weighted by Crippen LogP contribution is -2.46. The summed E-state index contributed by atoms with van der Waals surface area (Å²) in [6, 6.07) is 0. The van der Waals surface area contributed by atoms with Gasteiger partial charge in [0.05, 0.1) is 13.1 Å². The Morgan fingerprint density at radius 2 is 1.87 bits per heavy atom. The lowest BCUT2D eigenvalue weighted by molar-refractivity contribution is -0.133. The molecule has 1 aliphatic rings. The summed E-state index contributed by atoms with van der Waals surface area (Å²) in [5.41, 5.74) is 0. The summed E-state index contributed by atoms with van der Waals surface area (Å²) in [5.74, 6) is 6.43. The van der Waals surface area contributed by atoms with Crippen LogP contribution in [0.3, 0.4) is 0 Å². The third kappa shape index (κ3) is 5.63. The van der Waals surface area contributed by atoms with Crippen LogP contribution in [0.1, 0.15) is 41.0 Å². The minimum Gasteiger partial charge on any atom is -0.405 e. The first-order chi connectivity index (χ1) is 10.6. The van der Waals surface area contributed by atoms with Crippen molar-refractivity contribution in [2.24, 2.45) is 0 Å². The molecule has 0 spiro atoms. The highest BCUT2D eigenvalue weighted by Crippen LogP contribution is 2.38. The highest BCUT2D eigenvalue weighted by molar-refractivity contribution is 6.74. The number of hydrogen-bond acceptors (Lipinski definition) is 3. The van der Waals surface area contributed by atoms with E-state index in [1.54, 1.807) is 0 Å². The molecule has 0 aromatic carbocycles. The molecule has 4 nitrogen and oxygen atoms in total. The lowest BCUT2D eigenvalue weighted by Gasteiger charge is -2.37. The molecule has 5 heteroatoms. The molecule has 0 unspecified atom stereocenters. The second-order valence-electron chi connectivity index (χ2n) is 7.73. The van der Waals surface area contributed by atoms with Gasteiger partial charge in [0.25, 0.3) is 5.91 Å². The molecule has 1 fully saturated rings. The predicted molar refractivity (Wildman–Crippen MR) is 98.8 cm³/mol. The van der Waals surface area contributed by atoms with Gasteiger partial charge in [-0.2, -0.15) is 0 Å². The minimum atomic E-state index is -1.89. The van der Waals surface area contributed by atoms with E-state index in [1.807, 2.05) is 4.90 Å². The molecule has 0 N–H and O–H groups in total. The smallest absolute Gasteiger partial charge is 0.251 e. The summed E-state index contributed by atoms with van der Waals surface area (Å²) in [7, 11) is -1.89. The zero-order valence-electron chi connectivity index (χ0n) is 16.0. The summed E-state index contributed by atoms with van der Waals surface area (Å²) < 4.78 is 6.28. The maximum absolute atomic E-state index is 12.5. The molecule has 0 saturated carbocycles. The van der Waals surface area contributed by atoms with Crippen molar-refractivity contribution in [3.63, 3.8) is 0 Å². The Morgan fingerprint density at radius 3 is 2.39 bits per heavy atom. The maximum Gasteiger partial charge on any atom is 0.251 e. The van der Waals surface area contributed by atoms with E-state index in [0.717, 1.165) is 32.6 Å². The highest BCUT2D eigenvalue weighted by Gasteiger charge is 2.43. The van der Waals surface area contributed by atoms with Gasteiger partial charge in [-0.1, -0.05) is 46.5 Å². The quantitative estimate of drug-likeness (QED) is 0.551. The molecule has 1 amide bonds.